The Bertz CT molecular complexity index is 432. The third kappa shape index (κ3) is 7.13. The topological polar surface area (TPSA) is 69.6 Å². The highest BCUT2D eigenvalue weighted by molar-refractivity contribution is 7.09. The van der Waals surface area contributed by atoms with Gasteiger partial charge in [0.15, 0.2) is 0 Å². The number of nitrogens with one attached hydrogen (secondary N) is 1. The van der Waals surface area contributed by atoms with Crippen LogP contribution in [0.5, 0.6) is 0 Å². The van der Waals surface area contributed by atoms with Crippen LogP contribution in [0.15, 0.2) is 17.5 Å². The number of carboxylic acid groups (broad SMARTS) is 1. The molecular formula is C15H24N2O3S. The lowest BCUT2D eigenvalue weighted by molar-refractivity contribution is -0.137. The van der Waals surface area contributed by atoms with Crippen molar-refractivity contribution >= 4 is 23.3 Å². The van der Waals surface area contributed by atoms with E-state index < -0.39 is 5.97 Å². The number of carboxylic acids is 1. The number of aliphatic carboxylic acids is 1. The first-order chi connectivity index (χ1) is 10.0. The Balaban J connectivity index is 2.28. The molecular weight excluding hydrogens is 288 g/mol. The van der Waals surface area contributed by atoms with Crippen LogP contribution in [0, 0.1) is 0 Å². The van der Waals surface area contributed by atoms with Crippen LogP contribution in [-0.4, -0.2) is 34.6 Å². The van der Waals surface area contributed by atoms with Crippen molar-refractivity contribution in [2.75, 3.05) is 6.54 Å². The van der Waals surface area contributed by atoms with Gasteiger partial charge in [0.2, 0.25) is 0 Å². The van der Waals surface area contributed by atoms with Gasteiger partial charge in [-0.15, -0.1) is 11.3 Å². The van der Waals surface area contributed by atoms with Crippen LogP contribution < -0.4 is 5.32 Å². The molecule has 0 spiro atoms. The summed E-state index contributed by atoms with van der Waals surface area (Å²) >= 11 is 1.65. The van der Waals surface area contributed by atoms with Crippen molar-refractivity contribution in [1.82, 2.24) is 10.2 Å². The molecule has 21 heavy (non-hydrogen) atoms. The Labute approximate surface area is 130 Å². The second-order valence-corrected chi connectivity index (χ2v) is 6.27. The van der Waals surface area contributed by atoms with Crippen molar-refractivity contribution in [3.8, 4) is 0 Å². The molecule has 0 saturated carbocycles. The third-order valence-electron chi connectivity index (χ3n) is 3.13. The number of rotatable bonds is 9. The lowest BCUT2D eigenvalue weighted by Gasteiger charge is -2.26. The average molecular weight is 312 g/mol. The summed E-state index contributed by atoms with van der Waals surface area (Å²) < 4.78 is 0. The summed E-state index contributed by atoms with van der Waals surface area (Å²) in [7, 11) is 0. The zero-order valence-electron chi connectivity index (χ0n) is 12.7. The third-order valence-corrected chi connectivity index (χ3v) is 4.00. The Morgan fingerprint density at radius 2 is 2.10 bits per heavy atom. The van der Waals surface area contributed by atoms with Crippen LogP contribution >= 0.6 is 11.3 Å². The van der Waals surface area contributed by atoms with E-state index in [1.807, 2.05) is 36.3 Å². The van der Waals surface area contributed by atoms with Gasteiger partial charge in [-0.25, -0.2) is 4.79 Å². The van der Waals surface area contributed by atoms with E-state index >= 15 is 0 Å². The first kappa shape index (κ1) is 17.5. The summed E-state index contributed by atoms with van der Waals surface area (Å²) in [5, 5.41) is 13.5. The Morgan fingerprint density at radius 1 is 1.33 bits per heavy atom. The number of unbranched alkanes of at least 4 members (excludes halogenated alkanes) is 2. The van der Waals surface area contributed by atoms with E-state index in [2.05, 4.69) is 5.32 Å². The predicted octanol–water partition coefficient (Wildman–Crippen LogP) is 3.31. The van der Waals surface area contributed by atoms with Crippen molar-refractivity contribution in [3.05, 3.63) is 22.4 Å². The van der Waals surface area contributed by atoms with E-state index in [1.54, 1.807) is 11.3 Å². The summed E-state index contributed by atoms with van der Waals surface area (Å²) in [6.07, 6.45) is 2.49. The fraction of sp³-hybridized carbons (Fsp3) is 0.600. The number of urea groups is 1. The summed E-state index contributed by atoms with van der Waals surface area (Å²) in [5.74, 6) is -0.763. The number of thiophene rings is 1. The maximum atomic E-state index is 12.2. The largest absolute Gasteiger partial charge is 0.481 e. The predicted molar refractivity (Wildman–Crippen MR) is 84.5 cm³/mol. The molecule has 2 amide bonds. The van der Waals surface area contributed by atoms with Gasteiger partial charge in [0.25, 0.3) is 0 Å². The molecule has 0 aliphatic rings. The van der Waals surface area contributed by atoms with Gasteiger partial charge in [-0.3, -0.25) is 4.79 Å². The molecule has 1 heterocycles. The fourth-order valence-corrected chi connectivity index (χ4v) is 2.64. The molecule has 0 aromatic carbocycles. The molecule has 1 aromatic rings. The lowest BCUT2D eigenvalue weighted by Crippen LogP contribution is -2.43. The van der Waals surface area contributed by atoms with Crippen LogP contribution in [0.3, 0.4) is 0 Å². The Hall–Kier alpha value is -1.56. The van der Waals surface area contributed by atoms with Gasteiger partial charge in [0, 0.05) is 23.9 Å². The monoisotopic (exact) mass is 312 g/mol. The van der Waals surface area contributed by atoms with Crippen LogP contribution in [0.4, 0.5) is 4.79 Å². The van der Waals surface area contributed by atoms with Gasteiger partial charge in [-0.2, -0.15) is 0 Å². The van der Waals surface area contributed by atoms with Crippen molar-refractivity contribution in [1.29, 1.82) is 0 Å². The first-order valence-electron chi connectivity index (χ1n) is 7.29. The molecule has 0 radical (unpaired) electrons. The summed E-state index contributed by atoms with van der Waals surface area (Å²) in [5.41, 5.74) is 0. The maximum absolute atomic E-state index is 12.2. The number of carbonyl (C=O) groups excluding carboxylic acids is 1. The van der Waals surface area contributed by atoms with Crippen molar-refractivity contribution in [2.45, 2.75) is 52.1 Å². The van der Waals surface area contributed by atoms with Gasteiger partial charge in [0.1, 0.15) is 0 Å². The minimum atomic E-state index is -0.763. The molecule has 5 nitrogen and oxygen atoms in total. The number of nitrogens with zero attached hydrogens (tertiary/aromatic N) is 1. The van der Waals surface area contributed by atoms with Crippen LogP contribution in [0.1, 0.15) is 44.4 Å². The molecule has 0 aliphatic heterocycles. The highest BCUT2D eigenvalue weighted by Crippen LogP contribution is 2.14. The summed E-state index contributed by atoms with van der Waals surface area (Å²) in [6, 6.07) is 4.09. The summed E-state index contributed by atoms with van der Waals surface area (Å²) in [4.78, 5) is 25.5. The fourth-order valence-electron chi connectivity index (χ4n) is 1.93. The van der Waals surface area contributed by atoms with Crippen molar-refractivity contribution in [2.24, 2.45) is 0 Å². The molecule has 6 heteroatoms. The van der Waals surface area contributed by atoms with E-state index in [1.165, 1.54) is 4.88 Å². The Kier molecular flexibility index (Phi) is 7.82. The second-order valence-electron chi connectivity index (χ2n) is 5.24. The molecule has 118 valence electrons. The van der Waals surface area contributed by atoms with Gasteiger partial charge in [-0.05, 0) is 38.1 Å². The summed E-state index contributed by atoms with van der Waals surface area (Å²) in [6.45, 7) is 5.21. The zero-order valence-corrected chi connectivity index (χ0v) is 13.5. The molecule has 1 rings (SSSR count). The maximum Gasteiger partial charge on any atom is 0.317 e. The quantitative estimate of drug-likeness (QED) is 0.687. The molecule has 0 bridgehead atoms. The molecule has 0 saturated heterocycles. The van der Waals surface area contributed by atoms with Crippen molar-refractivity contribution < 1.29 is 14.7 Å². The van der Waals surface area contributed by atoms with Crippen LogP contribution in [0.25, 0.3) is 0 Å². The second kappa shape index (κ2) is 9.39. The van der Waals surface area contributed by atoms with Crippen LogP contribution in [-0.2, 0) is 11.3 Å². The van der Waals surface area contributed by atoms with E-state index in [9.17, 15) is 9.59 Å². The van der Waals surface area contributed by atoms with Gasteiger partial charge in [-0.1, -0.05) is 12.5 Å². The molecule has 0 atom stereocenters. The Morgan fingerprint density at radius 3 is 2.67 bits per heavy atom. The first-order valence-corrected chi connectivity index (χ1v) is 8.17. The van der Waals surface area contributed by atoms with E-state index in [0.29, 0.717) is 19.5 Å². The minimum absolute atomic E-state index is 0.0587. The molecule has 0 aliphatic carbocycles. The smallest absolute Gasteiger partial charge is 0.317 e. The van der Waals surface area contributed by atoms with Gasteiger partial charge < -0.3 is 15.3 Å². The minimum Gasteiger partial charge on any atom is -0.481 e. The normalized spacial score (nSPS) is 10.6. The van der Waals surface area contributed by atoms with Gasteiger partial charge in [0.05, 0.1) is 6.54 Å². The molecule has 0 fully saturated rings. The number of amides is 2. The number of carbonyl (C=O) groups is 2. The highest BCUT2D eigenvalue weighted by atomic mass is 32.1. The van der Waals surface area contributed by atoms with Crippen molar-refractivity contribution in [3.63, 3.8) is 0 Å². The molecule has 1 aromatic heterocycles. The average Bonchev–Trinajstić information content (AvgIpc) is 2.92. The van der Waals surface area contributed by atoms with E-state index in [-0.39, 0.29) is 18.5 Å². The zero-order chi connectivity index (χ0) is 15.7. The molecule has 0 unspecified atom stereocenters. The standard InChI is InChI=1S/C15H24N2O3S/c1-12(2)17(11-13-7-6-10-21-13)15(20)16-9-5-3-4-8-14(18)19/h6-7,10,12H,3-5,8-9,11H2,1-2H3,(H,16,20)(H,18,19). The van der Waals surface area contributed by atoms with E-state index in [4.69, 9.17) is 5.11 Å². The molecule has 2 N–H and O–H groups in total. The lowest BCUT2D eigenvalue weighted by atomic mass is 10.2. The SMILES string of the molecule is CC(C)N(Cc1cccs1)C(=O)NCCCCCC(=O)O. The number of hydrogen-bond donors (Lipinski definition) is 2. The van der Waals surface area contributed by atoms with Crippen LogP contribution in [0.2, 0.25) is 0 Å². The highest BCUT2D eigenvalue weighted by Gasteiger charge is 2.17. The van der Waals surface area contributed by atoms with Gasteiger partial charge >= 0.3 is 12.0 Å². The van der Waals surface area contributed by atoms with E-state index in [0.717, 1.165) is 12.8 Å². The number of hydrogen-bond acceptors (Lipinski definition) is 3.